The Morgan fingerprint density at radius 2 is 2.28 bits per heavy atom. The van der Waals surface area contributed by atoms with E-state index in [4.69, 9.17) is 0 Å². The zero-order valence-electron chi connectivity index (χ0n) is 10.9. The molecule has 0 atom stereocenters. The molecule has 0 radical (unpaired) electrons. The zero-order chi connectivity index (χ0) is 12.8. The fourth-order valence-corrected chi connectivity index (χ4v) is 2.27. The average molecular weight is 247 g/mol. The van der Waals surface area contributed by atoms with Gasteiger partial charge in [0.25, 0.3) is 0 Å². The summed E-state index contributed by atoms with van der Waals surface area (Å²) in [5.74, 6) is 0.0859. The summed E-state index contributed by atoms with van der Waals surface area (Å²) in [4.78, 5) is 15.9. The van der Waals surface area contributed by atoms with Crippen molar-refractivity contribution in [3.63, 3.8) is 0 Å². The quantitative estimate of drug-likeness (QED) is 0.838. The van der Waals surface area contributed by atoms with E-state index in [9.17, 15) is 4.79 Å². The Bertz CT molecular complexity index is 385. The van der Waals surface area contributed by atoms with E-state index in [2.05, 4.69) is 22.5 Å². The highest BCUT2D eigenvalue weighted by molar-refractivity contribution is 5.78. The van der Waals surface area contributed by atoms with Crippen LogP contribution >= 0.6 is 0 Å². The van der Waals surface area contributed by atoms with Crippen molar-refractivity contribution in [2.75, 3.05) is 19.6 Å². The first-order valence-corrected chi connectivity index (χ1v) is 6.54. The van der Waals surface area contributed by atoms with Gasteiger partial charge in [0.1, 0.15) is 0 Å². The summed E-state index contributed by atoms with van der Waals surface area (Å²) in [6.07, 6.45) is 6.13. The Kier molecular flexibility index (Phi) is 4.31. The first-order chi connectivity index (χ1) is 8.68. The molecule has 0 unspecified atom stereocenters. The summed E-state index contributed by atoms with van der Waals surface area (Å²) >= 11 is 0. The van der Waals surface area contributed by atoms with Crippen LogP contribution < -0.4 is 10.6 Å². The van der Waals surface area contributed by atoms with Crippen molar-refractivity contribution in [1.29, 1.82) is 0 Å². The number of amides is 1. The highest BCUT2D eigenvalue weighted by Crippen LogP contribution is 2.26. The number of nitrogens with zero attached hydrogens (tertiary/aromatic N) is 1. The minimum Gasteiger partial charge on any atom is -0.355 e. The van der Waals surface area contributed by atoms with Gasteiger partial charge >= 0.3 is 0 Å². The normalized spacial score (nSPS) is 18.3. The van der Waals surface area contributed by atoms with Gasteiger partial charge in [0.2, 0.25) is 5.91 Å². The second-order valence-corrected chi connectivity index (χ2v) is 5.38. The number of carbonyl (C=O) groups is 1. The van der Waals surface area contributed by atoms with Crippen molar-refractivity contribution in [3.8, 4) is 0 Å². The van der Waals surface area contributed by atoms with Crippen LogP contribution in [0, 0.1) is 5.41 Å². The van der Waals surface area contributed by atoms with Gasteiger partial charge in [-0.05, 0) is 43.0 Å². The standard InChI is InChI=1S/C14H21N3O/c1-14(4-7-15-8-5-14)11-17-13(18)9-12-3-2-6-16-10-12/h2-3,6,10,15H,4-5,7-9,11H2,1H3,(H,17,18). The van der Waals surface area contributed by atoms with Crippen LogP contribution in [-0.2, 0) is 11.2 Å². The molecule has 1 aliphatic rings. The number of hydrogen-bond donors (Lipinski definition) is 2. The van der Waals surface area contributed by atoms with Gasteiger partial charge in [-0.2, -0.15) is 0 Å². The largest absolute Gasteiger partial charge is 0.355 e. The summed E-state index contributed by atoms with van der Waals surface area (Å²) in [6, 6.07) is 3.79. The SMILES string of the molecule is CC1(CNC(=O)Cc2cccnc2)CCNCC1. The van der Waals surface area contributed by atoms with Crippen LogP contribution in [0.25, 0.3) is 0 Å². The first-order valence-electron chi connectivity index (χ1n) is 6.54. The fourth-order valence-electron chi connectivity index (χ4n) is 2.27. The summed E-state index contributed by atoms with van der Waals surface area (Å²) in [5.41, 5.74) is 1.21. The monoisotopic (exact) mass is 247 g/mol. The smallest absolute Gasteiger partial charge is 0.224 e. The number of pyridine rings is 1. The molecule has 0 aromatic carbocycles. The van der Waals surface area contributed by atoms with Crippen molar-refractivity contribution in [2.24, 2.45) is 5.41 Å². The molecule has 4 heteroatoms. The molecule has 0 saturated carbocycles. The number of carbonyl (C=O) groups excluding carboxylic acids is 1. The number of aromatic nitrogens is 1. The summed E-state index contributed by atoms with van der Waals surface area (Å²) in [7, 11) is 0. The molecule has 1 aliphatic heterocycles. The summed E-state index contributed by atoms with van der Waals surface area (Å²) < 4.78 is 0. The van der Waals surface area contributed by atoms with E-state index in [-0.39, 0.29) is 11.3 Å². The number of piperidine rings is 1. The van der Waals surface area contributed by atoms with E-state index in [1.807, 2.05) is 12.1 Å². The van der Waals surface area contributed by atoms with Crippen LogP contribution in [0.2, 0.25) is 0 Å². The van der Waals surface area contributed by atoms with E-state index in [1.165, 1.54) is 0 Å². The lowest BCUT2D eigenvalue weighted by Crippen LogP contribution is -2.43. The molecule has 2 rings (SSSR count). The number of hydrogen-bond acceptors (Lipinski definition) is 3. The van der Waals surface area contributed by atoms with Gasteiger partial charge in [0.05, 0.1) is 6.42 Å². The lowest BCUT2D eigenvalue weighted by molar-refractivity contribution is -0.121. The molecule has 0 bridgehead atoms. The average Bonchev–Trinajstić information content (AvgIpc) is 2.39. The summed E-state index contributed by atoms with van der Waals surface area (Å²) in [6.45, 7) is 5.12. The first kappa shape index (κ1) is 13.0. The molecule has 98 valence electrons. The molecule has 2 N–H and O–H groups in total. The molecule has 1 aromatic heterocycles. The van der Waals surface area contributed by atoms with Crippen molar-refractivity contribution >= 4 is 5.91 Å². The van der Waals surface area contributed by atoms with Gasteiger partial charge in [-0.3, -0.25) is 9.78 Å². The third-order valence-electron chi connectivity index (χ3n) is 3.61. The van der Waals surface area contributed by atoms with Crippen LogP contribution in [0.4, 0.5) is 0 Å². The van der Waals surface area contributed by atoms with Gasteiger partial charge in [0.15, 0.2) is 0 Å². The second-order valence-electron chi connectivity index (χ2n) is 5.38. The Labute approximate surface area is 108 Å². The predicted octanol–water partition coefficient (Wildman–Crippen LogP) is 1.13. The van der Waals surface area contributed by atoms with Gasteiger partial charge in [-0.25, -0.2) is 0 Å². The maximum Gasteiger partial charge on any atom is 0.224 e. The predicted molar refractivity (Wildman–Crippen MR) is 71.2 cm³/mol. The van der Waals surface area contributed by atoms with Gasteiger partial charge in [-0.15, -0.1) is 0 Å². The van der Waals surface area contributed by atoms with Crippen LogP contribution in [0.15, 0.2) is 24.5 Å². The minimum atomic E-state index is 0.0859. The Balaban J connectivity index is 1.78. The molecule has 1 fully saturated rings. The Morgan fingerprint density at radius 3 is 2.94 bits per heavy atom. The van der Waals surface area contributed by atoms with Crippen LogP contribution in [-0.4, -0.2) is 30.5 Å². The Hall–Kier alpha value is -1.42. The van der Waals surface area contributed by atoms with Gasteiger partial charge in [0, 0.05) is 18.9 Å². The molecular formula is C14H21N3O. The van der Waals surface area contributed by atoms with Crippen molar-refractivity contribution < 1.29 is 4.79 Å². The molecule has 1 saturated heterocycles. The van der Waals surface area contributed by atoms with Crippen LogP contribution in [0.1, 0.15) is 25.3 Å². The van der Waals surface area contributed by atoms with Crippen molar-refractivity contribution in [2.45, 2.75) is 26.2 Å². The van der Waals surface area contributed by atoms with Gasteiger partial charge < -0.3 is 10.6 Å². The molecule has 18 heavy (non-hydrogen) atoms. The number of rotatable bonds is 4. The van der Waals surface area contributed by atoms with Crippen molar-refractivity contribution in [1.82, 2.24) is 15.6 Å². The topological polar surface area (TPSA) is 54.0 Å². The lowest BCUT2D eigenvalue weighted by atomic mass is 9.81. The van der Waals surface area contributed by atoms with Crippen molar-refractivity contribution in [3.05, 3.63) is 30.1 Å². The fraction of sp³-hybridized carbons (Fsp3) is 0.571. The highest BCUT2D eigenvalue weighted by atomic mass is 16.1. The molecular weight excluding hydrogens is 226 g/mol. The molecule has 0 spiro atoms. The zero-order valence-corrected chi connectivity index (χ0v) is 10.9. The third kappa shape index (κ3) is 3.81. The third-order valence-corrected chi connectivity index (χ3v) is 3.61. The summed E-state index contributed by atoms with van der Waals surface area (Å²) in [5, 5.41) is 6.39. The van der Waals surface area contributed by atoms with Crippen LogP contribution in [0.5, 0.6) is 0 Å². The van der Waals surface area contributed by atoms with E-state index in [1.54, 1.807) is 12.4 Å². The molecule has 1 aromatic rings. The lowest BCUT2D eigenvalue weighted by Gasteiger charge is -2.34. The van der Waals surface area contributed by atoms with Gasteiger partial charge in [-0.1, -0.05) is 13.0 Å². The Morgan fingerprint density at radius 1 is 1.50 bits per heavy atom. The van der Waals surface area contributed by atoms with E-state index in [0.717, 1.165) is 38.0 Å². The van der Waals surface area contributed by atoms with Crippen LogP contribution in [0.3, 0.4) is 0 Å². The molecule has 0 aliphatic carbocycles. The van der Waals surface area contributed by atoms with E-state index >= 15 is 0 Å². The molecule has 4 nitrogen and oxygen atoms in total. The second kappa shape index (κ2) is 5.96. The number of nitrogens with one attached hydrogen (secondary N) is 2. The maximum absolute atomic E-state index is 11.8. The van der Waals surface area contributed by atoms with E-state index < -0.39 is 0 Å². The highest BCUT2D eigenvalue weighted by Gasteiger charge is 2.26. The van der Waals surface area contributed by atoms with E-state index in [0.29, 0.717) is 6.42 Å². The maximum atomic E-state index is 11.8. The minimum absolute atomic E-state index is 0.0859. The molecule has 2 heterocycles. The molecule has 1 amide bonds.